The zero-order valence-corrected chi connectivity index (χ0v) is 14.0. The van der Waals surface area contributed by atoms with E-state index in [9.17, 15) is 8.42 Å². The van der Waals surface area contributed by atoms with Gasteiger partial charge < -0.3 is 14.6 Å². The van der Waals surface area contributed by atoms with Gasteiger partial charge in [0.2, 0.25) is 0 Å². The molecule has 0 radical (unpaired) electrons. The Hall–Kier alpha value is -0.790. The van der Waals surface area contributed by atoms with E-state index in [0.717, 1.165) is 0 Å². The van der Waals surface area contributed by atoms with E-state index in [2.05, 4.69) is 15.9 Å². The Morgan fingerprint density at radius 2 is 2.05 bits per heavy atom. The van der Waals surface area contributed by atoms with Crippen LogP contribution in [-0.4, -0.2) is 38.7 Å². The van der Waals surface area contributed by atoms with Crippen molar-refractivity contribution in [3.05, 3.63) is 22.2 Å². The topological polar surface area (TPSA) is 72.8 Å². The number of aliphatic hydroxyl groups is 1. The molecular weight excluding hydrogens is 348 g/mol. The first kappa shape index (κ1) is 17.3. The number of halogens is 1. The molecule has 5 nitrogen and oxygen atoms in total. The van der Waals surface area contributed by atoms with Crippen molar-refractivity contribution in [3.63, 3.8) is 0 Å². The molecule has 0 atom stereocenters. The first-order chi connectivity index (χ1) is 9.43. The van der Waals surface area contributed by atoms with Gasteiger partial charge in [-0.2, -0.15) is 0 Å². The fraction of sp³-hybridized carbons (Fsp3) is 0.538. The molecule has 7 heteroatoms. The van der Waals surface area contributed by atoms with Gasteiger partial charge in [-0.15, -0.1) is 0 Å². The number of methoxy groups -OCH3 is 1. The van der Waals surface area contributed by atoms with Crippen LogP contribution in [0.5, 0.6) is 11.5 Å². The fourth-order valence-electron chi connectivity index (χ4n) is 1.60. The van der Waals surface area contributed by atoms with Gasteiger partial charge in [-0.3, -0.25) is 0 Å². The van der Waals surface area contributed by atoms with Gasteiger partial charge in [0.25, 0.3) is 0 Å². The van der Waals surface area contributed by atoms with Crippen LogP contribution >= 0.6 is 15.9 Å². The molecule has 1 rings (SSSR count). The molecule has 0 heterocycles. The number of aliphatic hydroxyl groups excluding tert-OH is 1. The van der Waals surface area contributed by atoms with Gasteiger partial charge in [0.15, 0.2) is 11.5 Å². The van der Waals surface area contributed by atoms with E-state index in [0.29, 0.717) is 28.0 Å². The van der Waals surface area contributed by atoms with Crippen LogP contribution in [0.3, 0.4) is 0 Å². The summed E-state index contributed by atoms with van der Waals surface area (Å²) in [5.41, 5.74) is 0.703. The summed E-state index contributed by atoms with van der Waals surface area (Å²) in [6.07, 6.45) is 0.424. The van der Waals surface area contributed by atoms with Gasteiger partial charge in [-0.25, -0.2) is 8.42 Å². The fourth-order valence-corrected chi connectivity index (χ4v) is 3.05. The Bertz CT molecular complexity index is 542. The number of rotatable bonds is 8. The smallest absolute Gasteiger partial charge is 0.175 e. The van der Waals surface area contributed by atoms with Crippen LogP contribution < -0.4 is 9.47 Å². The number of benzene rings is 1. The third-order valence-electron chi connectivity index (χ3n) is 2.76. The third kappa shape index (κ3) is 4.96. The minimum atomic E-state index is -2.97. The van der Waals surface area contributed by atoms with Gasteiger partial charge in [0.05, 0.1) is 30.5 Å². The molecule has 0 amide bonds. The Labute approximate surface area is 128 Å². The van der Waals surface area contributed by atoms with E-state index in [1.54, 1.807) is 19.1 Å². The van der Waals surface area contributed by atoms with Crippen LogP contribution in [0, 0.1) is 0 Å². The van der Waals surface area contributed by atoms with E-state index < -0.39 is 9.84 Å². The first-order valence-electron chi connectivity index (χ1n) is 6.24. The highest BCUT2D eigenvalue weighted by atomic mass is 79.9. The van der Waals surface area contributed by atoms with Gasteiger partial charge in [0, 0.05) is 5.75 Å². The van der Waals surface area contributed by atoms with E-state index in [-0.39, 0.29) is 24.7 Å². The Balaban J connectivity index is 2.68. The second-order valence-corrected chi connectivity index (χ2v) is 7.53. The maximum absolute atomic E-state index is 11.4. The van der Waals surface area contributed by atoms with Crippen LogP contribution in [-0.2, 0) is 16.4 Å². The lowest BCUT2D eigenvalue weighted by atomic mass is 10.2. The van der Waals surface area contributed by atoms with Crippen molar-refractivity contribution in [3.8, 4) is 11.5 Å². The maximum Gasteiger partial charge on any atom is 0.175 e. The van der Waals surface area contributed by atoms with E-state index in [1.807, 2.05) is 0 Å². The first-order valence-corrected chi connectivity index (χ1v) is 8.85. The summed E-state index contributed by atoms with van der Waals surface area (Å²) >= 11 is 3.35. The molecule has 0 bridgehead atoms. The van der Waals surface area contributed by atoms with Crippen molar-refractivity contribution in [2.75, 3.05) is 25.2 Å². The number of ether oxygens (including phenoxy) is 2. The molecule has 0 saturated heterocycles. The highest BCUT2D eigenvalue weighted by Crippen LogP contribution is 2.36. The van der Waals surface area contributed by atoms with Gasteiger partial charge in [0.1, 0.15) is 9.84 Å². The highest BCUT2D eigenvalue weighted by molar-refractivity contribution is 9.10. The molecule has 1 N–H and O–H groups in total. The van der Waals surface area contributed by atoms with E-state index in [4.69, 9.17) is 14.6 Å². The zero-order chi connectivity index (χ0) is 15.2. The molecule has 0 fully saturated rings. The largest absolute Gasteiger partial charge is 0.493 e. The average Bonchev–Trinajstić information content (AvgIpc) is 2.44. The van der Waals surface area contributed by atoms with Crippen LogP contribution in [0.2, 0.25) is 0 Å². The summed E-state index contributed by atoms with van der Waals surface area (Å²) in [6, 6.07) is 3.42. The van der Waals surface area contributed by atoms with Crippen molar-refractivity contribution in [1.82, 2.24) is 0 Å². The monoisotopic (exact) mass is 366 g/mol. The summed E-state index contributed by atoms with van der Waals surface area (Å²) in [5.74, 6) is 1.27. The minimum Gasteiger partial charge on any atom is -0.493 e. The van der Waals surface area contributed by atoms with Crippen molar-refractivity contribution < 1.29 is 23.0 Å². The Morgan fingerprint density at radius 1 is 1.35 bits per heavy atom. The van der Waals surface area contributed by atoms with Crippen LogP contribution in [0.1, 0.15) is 18.9 Å². The summed E-state index contributed by atoms with van der Waals surface area (Å²) in [5, 5.41) is 9.12. The molecule has 0 aliphatic heterocycles. The standard InChI is InChI=1S/C13H19BrO5S/c1-3-20(16,17)6-4-5-19-13-11(14)7-10(9-15)8-12(13)18-2/h7-8,15H,3-6,9H2,1-2H3. The third-order valence-corrected chi connectivity index (χ3v) is 5.14. The van der Waals surface area contributed by atoms with E-state index in [1.165, 1.54) is 7.11 Å². The molecule has 114 valence electrons. The van der Waals surface area contributed by atoms with Crippen molar-refractivity contribution in [2.45, 2.75) is 20.0 Å². The Kier molecular flexibility index (Phi) is 6.78. The molecule has 1 aromatic carbocycles. The molecule has 0 aliphatic carbocycles. The number of hydrogen-bond acceptors (Lipinski definition) is 5. The molecule has 0 aromatic heterocycles. The normalized spacial score (nSPS) is 11.4. The lowest BCUT2D eigenvalue weighted by molar-refractivity contribution is 0.276. The predicted molar refractivity (Wildman–Crippen MR) is 81.1 cm³/mol. The Morgan fingerprint density at radius 3 is 2.60 bits per heavy atom. The van der Waals surface area contributed by atoms with E-state index >= 15 is 0 Å². The maximum atomic E-state index is 11.4. The second kappa shape index (κ2) is 7.85. The van der Waals surface area contributed by atoms with Crippen molar-refractivity contribution in [1.29, 1.82) is 0 Å². The van der Waals surface area contributed by atoms with Gasteiger partial charge in [-0.1, -0.05) is 6.92 Å². The van der Waals surface area contributed by atoms with Gasteiger partial charge in [-0.05, 0) is 40.0 Å². The van der Waals surface area contributed by atoms with Gasteiger partial charge >= 0.3 is 0 Å². The molecule has 0 saturated carbocycles. The predicted octanol–water partition coefficient (Wildman–Crippen LogP) is 2.15. The number of sulfone groups is 1. The molecule has 20 heavy (non-hydrogen) atoms. The quantitative estimate of drug-likeness (QED) is 0.713. The lowest BCUT2D eigenvalue weighted by Crippen LogP contribution is -2.12. The SMILES string of the molecule is CCS(=O)(=O)CCCOc1c(Br)cc(CO)cc1OC. The molecule has 0 spiro atoms. The lowest BCUT2D eigenvalue weighted by Gasteiger charge is -2.13. The average molecular weight is 367 g/mol. The number of hydrogen-bond donors (Lipinski definition) is 1. The summed E-state index contributed by atoms with van der Waals surface area (Å²) in [6.45, 7) is 1.82. The second-order valence-electron chi connectivity index (χ2n) is 4.21. The summed E-state index contributed by atoms with van der Waals surface area (Å²) < 4.78 is 34.2. The summed E-state index contributed by atoms with van der Waals surface area (Å²) in [7, 11) is -1.46. The molecule has 0 unspecified atom stereocenters. The van der Waals surface area contributed by atoms with Crippen molar-refractivity contribution >= 4 is 25.8 Å². The minimum absolute atomic E-state index is 0.0933. The zero-order valence-electron chi connectivity index (χ0n) is 11.6. The molecule has 1 aromatic rings. The van der Waals surface area contributed by atoms with Crippen LogP contribution in [0.15, 0.2) is 16.6 Å². The highest BCUT2D eigenvalue weighted by Gasteiger charge is 2.12. The summed E-state index contributed by atoms with van der Waals surface area (Å²) in [4.78, 5) is 0. The van der Waals surface area contributed by atoms with Crippen molar-refractivity contribution in [2.24, 2.45) is 0 Å². The molecule has 0 aliphatic rings. The van der Waals surface area contributed by atoms with Crippen LogP contribution in [0.4, 0.5) is 0 Å². The van der Waals surface area contributed by atoms with Crippen LogP contribution in [0.25, 0.3) is 0 Å². The molecular formula is C13H19BrO5S.